The summed E-state index contributed by atoms with van der Waals surface area (Å²) in [7, 11) is 3.35. The number of likely N-dealkylation sites (N-methyl/N-ethyl adjacent to an activating group) is 1. The molecule has 3 aromatic carbocycles. The molecule has 5 aromatic rings. The van der Waals surface area contributed by atoms with Crippen molar-refractivity contribution >= 4 is 55.5 Å². The Kier molecular flexibility index (Phi) is 3.55. The normalized spacial score (nSPS) is 26.3. The van der Waals surface area contributed by atoms with Crippen LogP contribution in [0.4, 0.5) is 0 Å². The first kappa shape index (κ1) is 20.4. The molecule has 2 bridgehead atoms. The Balaban J connectivity index is 1.72. The highest BCUT2D eigenvalue weighted by Crippen LogP contribution is 2.59. The average Bonchev–Trinajstić information content (AvgIpc) is 3.60. The van der Waals surface area contributed by atoms with E-state index >= 15 is 0 Å². The van der Waals surface area contributed by atoms with Gasteiger partial charge in [0.15, 0.2) is 0 Å². The third-order valence-electron chi connectivity index (χ3n) is 9.43. The molecule has 1 fully saturated rings. The van der Waals surface area contributed by atoms with Crippen LogP contribution in [0.2, 0.25) is 0 Å². The summed E-state index contributed by atoms with van der Waals surface area (Å²) in [4.78, 5) is 27.0. The zero-order valence-electron chi connectivity index (χ0n) is 20.4. The van der Waals surface area contributed by atoms with Crippen LogP contribution in [-0.4, -0.2) is 40.7 Å². The topological polar surface area (TPSA) is 77.3 Å². The molecule has 1 aliphatic carbocycles. The highest BCUT2D eigenvalue weighted by atomic mass is 16.5. The van der Waals surface area contributed by atoms with Gasteiger partial charge in [-0.2, -0.15) is 0 Å². The molecule has 3 atom stereocenters. The Labute approximate surface area is 207 Å². The number of rotatable bonds is 2. The molecule has 1 saturated carbocycles. The van der Waals surface area contributed by atoms with E-state index in [1.807, 2.05) is 13.1 Å². The van der Waals surface area contributed by atoms with Crippen LogP contribution in [0.15, 0.2) is 48.5 Å². The van der Waals surface area contributed by atoms with Gasteiger partial charge in [-0.05, 0) is 44.5 Å². The Morgan fingerprint density at radius 2 is 1.72 bits per heavy atom. The maximum atomic E-state index is 13.6. The number of hydrogen-bond donors (Lipinski definition) is 2. The fourth-order valence-corrected chi connectivity index (χ4v) is 8.07. The van der Waals surface area contributed by atoms with Crippen molar-refractivity contribution in [3.63, 3.8) is 0 Å². The van der Waals surface area contributed by atoms with Crippen molar-refractivity contribution in [1.82, 2.24) is 19.8 Å². The van der Waals surface area contributed by atoms with E-state index in [1.165, 1.54) is 7.11 Å². The molecule has 4 heterocycles. The number of nitrogens with one attached hydrogen (secondary N) is 2. The average molecular weight is 479 g/mol. The lowest BCUT2D eigenvalue weighted by molar-refractivity contribution is -0.152. The van der Waals surface area contributed by atoms with Crippen LogP contribution in [0.5, 0.6) is 0 Å². The first-order valence-corrected chi connectivity index (χ1v) is 12.5. The Hall–Kier alpha value is -3.84. The van der Waals surface area contributed by atoms with Crippen molar-refractivity contribution in [3.05, 3.63) is 59.7 Å². The SMILES string of the molecule is CNC1(C(=O)OC)CC2CC1(C)n1c3ccccc3c3c4c(c5c6ccccc6n2c5c31)C(=O)NC4. The minimum Gasteiger partial charge on any atom is -0.468 e. The molecule has 2 aromatic heterocycles. The van der Waals surface area contributed by atoms with Gasteiger partial charge in [0.25, 0.3) is 5.91 Å². The monoisotopic (exact) mass is 478 g/mol. The molecule has 180 valence electrons. The van der Waals surface area contributed by atoms with Crippen molar-refractivity contribution in [2.24, 2.45) is 0 Å². The van der Waals surface area contributed by atoms with Gasteiger partial charge in [0.1, 0.15) is 5.54 Å². The number of amides is 1. The van der Waals surface area contributed by atoms with E-state index in [0.29, 0.717) is 13.0 Å². The molecule has 2 N–H and O–H groups in total. The van der Waals surface area contributed by atoms with Gasteiger partial charge in [-0.15, -0.1) is 0 Å². The molecule has 7 nitrogen and oxygen atoms in total. The van der Waals surface area contributed by atoms with E-state index in [4.69, 9.17) is 4.74 Å². The number of nitrogens with zero attached hydrogens (tertiary/aromatic N) is 2. The van der Waals surface area contributed by atoms with E-state index in [2.05, 4.69) is 69.2 Å². The summed E-state index contributed by atoms with van der Waals surface area (Å²) in [5.74, 6) is -0.249. The smallest absolute Gasteiger partial charge is 0.328 e. The van der Waals surface area contributed by atoms with E-state index in [-0.39, 0.29) is 17.9 Å². The number of benzene rings is 3. The second-order valence-corrected chi connectivity index (χ2v) is 10.7. The lowest BCUT2D eigenvalue weighted by atomic mass is 9.80. The summed E-state index contributed by atoms with van der Waals surface area (Å²) in [5, 5.41) is 10.9. The predicted octanol–water partition coefficient (Wildman–Crippen LogP) is 4.34. The molecule has 0 radical (unpaired) electrons. The van der Waals surface area contributed by atoms with Gasteiger partial charge in [-0.3, -0.25) is 4.79 Å². The van der Waals surface area contributed by atoms with Crippen LogP contribution in [0.1, 0.15) is 41.7 Å². The maximum Gasteiger partial charge on any atom is 0.328 e. The molecule has 0 saturated heterocycles. The standard InChI is InChI=1S/C29H26N4O3/c1-28-12-15(13-29(28,30-2)27(35)36-3)32-19-10-6-4-8-16(19)22-23-18(14-31-26(23)34)21-17-9-5-7-11-20(17)33(28)25(21)24(22)32/h4-11,15,30H,12-14H2,1-3H3,(H,31,34). The van der Waals surface area contributed by atoms with Gasteiger partial charge in [0, 0.05) is 45.2 Å². The lowest BCUT2D eigenvalue weighted by Gasteiger charge is -2.43. The summed E-state index contributed by atoms with van der Waals surface area (Å²) in [6, 6.07) is 16.8. The number of carbonyl (C=O) groups is 2. The number of ether oxygens (including phenoxy) is 1. The molecular weight excluding hydrogens is 452 g/mol. The minimum absolute atomic E-state index is 0.00798. The number of hydrogen-bond acceptors (Lipinski definition) is 4. The summed E-state index contributed by atoms with van der Waals surface area (Å²) in [6.45, 7) is 2.70. The van der Waals surface area contributed by atoms with Gasteiger partial charge in [-0.25, -0.2) is 4.79 Å². The zero-order valence-corrected chi connectivity index (χ0v) is 20.4. The Bertz CT molecular complexity index is 1850. The number of carbonyl (C=O) groups excluding carboxylic acids is 2. The third-order valence-corrected chi connectivity index (χ3v) is 9.43. The largest absolute Gasteiger partial charge is 0.468 e. The molecule has 0 spiro atoms. The summed E-state index contributed by atoms with van der Waals surface area (Å²) in [6.07, 6.45) is 1.35. The summed E-state index contributed by atoms with van der Waals surface area (Å²) < 4.78 is 10.3. The van der Waals surface area contributed by atoms with E-state index in [1.54, 1.807) is 0 Å². The van der Waals surface area contributed by atoms with Crippen LogP contribution in [0, 0.1) is 0 Å². The quantitative estimate of drug-likeness (QED) is 0.370. The zero-order chi connectivity index (χ0) is 24.6. The maximum absolute atomic E-state index is 13.6. The van der Waals surface area contributed by atoms with Crippen LogP contribution in [0.3, 0.4) is 0 Å². The molecule has 36 heavy (non-hydrogen) atoms. The first-order valence-electron chi connectivity index (χ1n) is 12.5. The van der Waals surface area contributed by atoms with Gasteiger partial charge in [0.2, 0.25) is 0 Å². The van der Waals surface area contributed by atoms with Gasteiger partial charge < -0.3 is 24.5 Å². The number of fused-ring (bicyclic) bond motifs is 13. The minimum atomic E-state index is -0.913. The molecule has 3 unspecified atom stereocenters. The first-order chi connectivity index (χ1) is 17.5. The van der Waals surface area contributed by atoms with Crippen molar-refractivity contribution in [3.8, 4) is 0 Å². The van der Waals surface area contributed by atoms with E-state index in [0.717, 1.165) is 61.2 Å². The molecule has 7 heteroatoms. The van der Waals surface area contributed by atoms with E-state index < -0.39 is 11.1 Å². The molecule has 1 amide bonds. The second kappa shape index (κ2) is 6.28. The van der Waals surface area contributed by atoms with Crippen molar-refractivity contribution < 1.29 is 14.3 Å². The van der Waals surface area contributed by atoms with Crippen molar-refractivity contribution in [1.29, 1.82) is 0 Å². The summed E-state index contributed by atoms with van der Waals surface area (Å²) >= 11 is 0. The molecular formula is C29H26N4O3. The highest BCUT2D eigenvalue weighted by Gasteiger charge is 2.64. The number of para-hydroxylation sites is 2. The Morgan fingerprint density at radius 1 is 1.03 bits per heavy atom. The van der Waals surface area contributed by atoms with Crippen LogP contribution < -0.4 is 10.6 Å². The van der Waals surface area contributed by atoms with Crippen LogP contribution >= 0.6 is 0 Å². The van der Waals surface area contributed by atoms with Crippen molar-refractivity contribution in [2.75, 3.05) is 14.2 Å². The third kappa shape index (κ3) is 1.93. The second-order valence-electron chi connectivity index (χ2n) is 10.7. The van der Waals surface area contributed by atoms with Gasteiger partial charge in [0.05, 0.1) is 29.2 Å². The summed E-state index contributed by atoms with van der Waals surface area (Å²) in [5.41, 5.74) is 4.71. The van der Waals surface area contributed by atoms with Crippen LogP contribution in [-0.2, 0) is 21.6 Å². The fraction of sp³-hybridized carbons (Fsp3) is 0.310. The lowest BCUT2D eigenvalue weighted by Crippen LogP contribution is -2.63. The van der Waals surface area contributed by atoms with Crippen LogP contribution in [0.25, 0.3) is 43.6 Å². The Morgan fingerprint density at radius 3 is 2.44 bits per heavy atom. The molecule has 3 aliphatic rings. The number of esters is 1. The van der Waals surface area contributed by atoms with Gasteiger partial charge >= 0.3 is 5.97 Å². The van der Waals surface area contributed by atoms with Crippen molar-refractivity contribution in [2.45, 2.75) is 43.4 Å². The highest BCUT2D eigenvalue weighted by molar-refractivity contribution is 6.31. The number of aromatic nitrogens is 2. The molecule has 8 rings (SSSR count). The predicted molar refractivity (Wildman–Crippen MR) is 139 cm³/mol. The van der Waals surface area contributed by atoms with Gasteiger partial charge in [-0.1, -0.05) is 36.4 Å². The number of methoxy groups -OCH3 is 1. The van der Waals surface area contributed by atoms with E-state index in [9.17, 15) is 9.59 Å². The molecule has 2 aliphatic heterocycles. The fourth-order valence-electron chi connectivity index (χ4n) is 8.07.